The summed E-state index contributed by atoms with van der Waals surface area (Å²) < 4.78 is 28.2. The third-order valence-electron chi connectivity index (χ3n) is 4.92. The van der Waals surface area contributed by atoms with Gasteiger partial charge in [-0.05, 0) is 55.7 Å². The van der Waals surface area contributed by atoms with Crippen molar-refractivity contribution in [2.75, 3.05) is 17.8 Å². The van der Waals surface area contributed by atoms with Crippen molar-refractivity contribution >= 4 is 39.1 Å². The smallest absolute Gasteiger partial charge is 0.263 e. The fraction of sp³-hybridized carbons (Fsp3) is 0.300. The van der Waals surface area contributed by atoms with Crippen LogP contribution in [0.15, 0.2) is 47.4 Å². The molecule has 0 aromatic heterocycles. The van der Waals surface area contributed by atoms with Crippen LogP contribution in [-0.4, -0.2) is 38.2 Å². The van der Waals surface area contributed by atoms with Crippen LogP contribution in [0.3, 0.4) is 0 Å². The van der Waals surface area contributed by atoms with E-state index in [4.69, 9.17) is 17.3 Å². The molecule has 0 atom stereocenters. The first kappa shape index (κ1) is 21.1. The van der Waals surface area contributed by atoms with Gasteiger partial charge < -0.3 is 10.6 Å². The van der Waals surface area contributed by atoms with Gasteiger partial charge in [-0.1, -0.05) is 23.7 Å². The van der Waals surface area contributed by atoms with Gasteiger partial charge in [0.15, 0.2) is 0 Å². The van der Waals surface area contributed by atoms with E-state index in [1.807, 2.05) is 13.0 Å². The monoisotopic (exact) mass is 435 g/mol. The van der Waals surface area contributed by atoms with Crippen molar-refractivity contribution in [3.63, 3.8) is 0 Å². The van der Waals surface area contributed by atoms with Gasteiger partial charge in [-0.25, -0.2) is 8.42 Å². The van der Waals surface area contributed by atoms with Gasteiger partial charge in [-0.2, -0.15) is 0 Å². The number of benzene rings is 2. The van der Waals surface area contributed by atoms with E-state index in [1.165, 1.54) is 18.2 Å². The number of aryl methyl sites for hydroxylation is 1. The van der Waals surface area contributed by atoms with E-state index in [-0.39, 0.29) is 33.2 Å². The summed E-state index contributed by atoms with van der Waals surface area (Å²) in [5.74, 6) is -0.908. The van der Waals surface area contributed by atoms with Gasteiger partial charge in [0.25, 0.3) is 15.9 Å². The average molecular weight is 436 g/mol. The molecule has 3 N–H and O–H groups in total. The molecule has 1 heterocycles. The summed E-state index contributed by atoms with van der Waals surface area (Å²) in [5.41, 5.74) is 6.86. The Labute approximate surface area is 174 Å². The lowest BCUT2D eigenvalue weighted by Crippen LogP contribution is -2.41. The van der Waals surface area contributed by atoms with E-state index in [2.05, 4.69) is 4.72 Å². The number of amides is 2. The number of rotatable bonds is 5. The second-order valence-electron chi connectivity index (χ2n) is 7.09. The standard InChI is InChI=1S/C20H22ClN3O4S/c1-13-3-2-4-16(11-13)23-29(27,28)18-12-15(5-6-17(18)21)20(26)24-9-7-14(8-10-24)19(22)25/h2-6,11-12,14,23H,7-10H2,1H3,(H2,22,25). The lowest BCUT2D eigenvalue weighted by molar-refractivity contribution is -0.123. The molecule has 0 aliphatic carbocycles. The first-order valence-corrected chi connectivity index (χ1v) is 11.0. The van der Waals surface area contributed by atoms with Crippen LogP contribution >= 0.6 is 11.6 Å². The molecule has 0 spiro atoms. The maximum atomic E-state index is 12.8. The Balaban J connectivity index is 1.82. The fourth-order valence-electron chi connectivity index (χ4n) is 3.31. The average Bonchev–Trinajstić information content (AvgIpc) is 2.67. The number of sulfonamides is 1. The highest BCUT2D eigenvalue weighted by Gasteiger charge is 2.28. The number of anilines is 1. The number of hydrogen-bond acceptors (Lipinski definition) is 4. The Morgan fingerprint density at radius 1 is 1.14 bits per heavy atom. The third kappa shape index (κ3) is 4.89. The molecule has 154 valence electrons. The van der Waals surface area contributed by atoms with E-state index < -0.39 is 10.0 Å². The Morgan fingerprint density at radius 3 is 2.45 bits per heavy atom. The van der Waals surface area contributed by atoms with Crippen LogP contribution in [0.5, 0.6) is 0 Å². The van der Waals surface area contributed by atoms with Gasteiger partial charge in [0, 0.05) is 30.3 Å². The van der Waals surface area contributed by atoms with Crippen molar-refractivity contribution in [3.05, 3.63) is 58.6 Å². The van der Waals surface area contributed by atoms with Crippen LogP contribution in [0.1, 0.15) is 28.8 Å². The molecule has 2 aromatic carbocycles. The minimum atomic E-state index is -3.98. The number of nitrogens with one attached hydrogen (secondary N) is 1. The van der Waals surface area contributed by atoms with Crippen molar-refractivity contribution in [1.29, 1.82) is 0 Å². The van der Waals surface area contributed by atoms with Crippen molar-refractivity contribution < 1.29 is 18.0 Å². The second-order valence-corrected chi connectivity index (χ2v) is 9.15. The normalized spacial score (nSPS) is 15.2. The summed E-state index contributed by atoms with van der Waals surface area (Å²) in [6, 6.07) is 11.1. The van der Waals surface area contributed by atoms with Crippen LogP contribution in [0.25, 0.3) is 0 Å². The van der Waals surface area contributed by atoms with E-state index in [0.717, 1.165) is 5.56 Å². The molecule has 29 heavy (non-hydrogen) atoms. The molecule has 0 radical (unpaired) electrons. The highest BCUT2D eigenvalue weighted by molar-refractivity contribution is 7.92. The van der Waals surface area contributed by atoms with E-state index in [0.29, 0.717) is 31.6 Å². The molecule has 1 aliphatic rings. The first-order valence-electron chi connectivity index (χ1n) is 9.15. The quantitative estimate of drug-likeness (QED) is 0.752. The van der Waals surface area contributed by atoms with Crippen molar-refractivity contribution in [3.8, 4) is 0 Å². The number of halogens is 1. The highest BCUT2D eigenvalue weighted by Crippen LogP contribution is 2.27. The minimum Gasteiger partial charge on any atom is -0.369 e. The van der Waals surface area contributed by atoms with Gasteiger partial charge in [0.2, 0.25) is 5.91 Å². The zero-order valence-corrected chi connectivity index (χ0v) is 17.5. The number of carbonyl (C=O) groups excluding carboxylic acids is 2. The SMILES string of the molecule is Cc1cccc(NS(=O)(=O)c2cc(C(=O)N3CCC(C(N)=O)CC3)ccc2Cl)c1. The number of nitrogens with two attached hydrogens (primary N) is 1. The molecule has 1 fully saturated rings. The Morgan fingerprint density at radius 2 is 1.83 bits per heavy atom. The largest absolute Gasteiger partial charge is 0.369 e. The maximum absolute atomic E-state index is 12.8. The van der Waals surface area contributed by atoms with Gasteiger partial charge in [0.05, 0.1) is 5.02 Å². The summed E-state index contributed by atoms with van der Waals surface area (Å²) in [7, 11) is -3.98. The molecular formula is C20H22ClN3O4S. The van der Waals surface area contributed by atoms with E-state index in [1.54, 1.807) is 23.1 Å². The van der Waals surface area contributed by atoms with Crippen molar-refractivity contribution in [2.45, 2.75) is 24.7 Å². The molecule has 2 aromatic rings. The van der Waals surface area contributed by atoms with Crippen LogP contribution in [0, 0.1) is 12.8 Å². The molecular weight excluding hydrogens is 414 g/mol. The van der Waals surface area contributed by atoms with Gasteiger partial charge in [-0.3, -0.25) is 14.3 Å². The second kappa shape index (κ2) is 8.42. The zero-order valence-electron chi connectivity index (χ0n) is 15.9. The molecule has 0 unspecified atom stereocenters. The van der Waals surface area contributed by atoms with Crippen molar-refractivity contribution in [1.82, 2.24) is 4.90 Å². The number of primary amides is 1. The van der Waals surface area contributed by atoms with Gasteiger partial charge in [0.1, 0.15) is 4.90 Å². The van der Waals surface area contributed by atoms with Crippen LogP contribution in [0.2, 0.25) is 5.02 Å². The number of hydrogen-bond donors (Lipinski definition) is 2. The zero-order chi connectivity index (χ0) is 21.2. The predicted molar refractivity (Wildman–Crippen MR) is 111 cm³/mol. The fourth-order valence-corrected chi connectivity index (χ4v) is 4.89. The molecule has 0 saturated carbocycles. The number of carbonyl (C=O) groups is 2. The van der Waals surface area contributed by atoms with Crippen molar-refractivity contribution in [2.24, 2.45) is 11.7 Å². The van der Waals surface area contributed by atoms with E-state index in [9.17, 15) is 18.0 Å². The summed E-state index contributed by atoms with van der Waals surface area (Å²) >= 11 is 6.13. The molecule has 1 aliphatic heterocycles. The molecule has 0 bridgehead atoms. The summed E-state index contributed by atoms with van der Waals surface area (Å²) in [4.78, 5) is 25.5. The Kier molecular flexibility index (Phi) is 6.14. The third-order valence-corrected chi connectivity index (χ3v) is 6.79. The molecule has 2 amide bonds. The summed E-state index contributed by atoms with van der Waals surface area (Å²) in [6.45, 7) is 2.63. The van der Waals surface area contributed by atoms with E-state index >= 15 is 0 Å². The first-order chi connectivity index (χ1) is 13.7. The lowest BCUT2D eigenvalue weighted by Gasteiger charge is -2.30. The predicted octanol–water partition coefficient (Wildman–Crippen LogP) is 2.79. The Hall–Kier alpha value is -2.58. The molecule has 1 saturated heterocycles. The van der Waals surface area contributed by atoms with Gasteiger partial charge >= 0.3 is 0 Å². The minimum absolute atomic E-state index is 0.0224. The highest BCUT2D eigenvalue weighted by atomic mass is 35.5. The topological polar surface area (TPSA) is 110 Å². The van der Waals surface area contributed by atoms with Crippen LogP contribution in [-0.2, 0) is 14.8 Å². The molecule has 7 nitrogen and oxygen atoms in total. The molecule has 3 rings (SSSR count). The lowest BCUT2D eigenvalue weighted by atomic mass is 9.96. The van der Waals surface area contributed by atoms with Gasteiger partial charge in [-0.15, -0.1) is 0 Å². The van der Waals surface area contributed by atoms with Crippen LogP contribution in [0.4, 0.5) is 5.69 Å². The maximum Gasteiger partial charge on any atom is 0.263 e. The number of piperidine rings is 1. The summed E-state index contributed by atoms with van der Waals surface area (Å²) in [5, 5.41) is 0.0224. The Bertz CT molecular complexity index is 1050. The number of likely N-dealkylation sites (tertiary alicyclic amines) is 1. The van der Waals surface area contributed by atoms with Crippen LogP contribution < -0.4 is 10.5 Å². The summed E-state index contributed by atoms with van der Waals surface area (Å²) in [6.07, 6.45) is 0.990. The number of nitrogens with zero attached hydrogens (tertiary/aromatic N) is 1. The molecule has 9 heteroatoms.